The van der Waals surface area contributed by atoms with E-state index in [0.717, 1.165) is 27.5 Å². The van der Waals surface area contributed by atoms with Gasteiger partial charge < -0.3 is 9.73 Å². The van der Waals surface area contributed by atoms with Gasteiger partial charge in [-0.05, 0) is 42.8 Å². The molecule has 0 aliphatic heterocycles. The predicted octanol–water partition coefficient (Wildman–Crippen LogP) is 4.36. The number of hydrogen-bond donors (Lipinski definition) is 1. The van der Waals surface area contributed by atoms with Gasteiger partial charge in [0.1, 0.15) is 11.4 Å². The average molecular weight is 334 g/mol. The van der Waals surface area contributed by atoms with E-state index in [1.807, 2.05) is 31.2 Å². The molecule has 0 unspecified atom stereocenters. The summed E-state index contributed by atoms with van der Waals surface area (Å²) < 4.78 is 18.7. The summed E-state index contributed by atoms with van der Waals surface area (Å²) in [6, 6.07) is 15.4. The monoisotopic (exact) mass is 334 g/mol. The Morgan fingerprint density at radius 1 is 1.12 bits per heavy atom. The zero-order chi connectivity index (χ0) is 17.4. The molecule has 0 saturated carbocycles. The van der Waals surface area contributed by atoms with Crippen LogP contribution in [0.2, 0.25) is 0 Å². The molecule has 5 heteroatoms. The third-order valence-electron chi connectivity index (χ3n) is 4.15. The minimum atomic E-state index is -0.316. The molecule has 4 nitrogen and oxygen atoms in total. The topological polar surface area (TPSA) is 55.1 Å². The summed E-state index contributed by atoms with van der Waals surface area (Å²) >= 11 is 0. The molecule has 0 aliphatic rings. The lowest BCUT2D eigenvalue weighted by molar-refractivity contribution is 0.0925. The average Bonchev–Trinajstić information content (AvgIpc) is 3.07. The van der Waals surface area contributed by atoms with Crippen LogP contribution in [0.3, 0.4) is 0 Å². The van der Waals surface area contributed by atoms with Crippen LogP contribution in [0.4, 0.5) is 4.39 Å². The van der Waals surface area contributed by atoms with Gasteiger partial charge in [0.05, 0.1) is 5.52 Å². The van der Waals surface area contributed by atoms with Gasteiger partial charge >= 0.3 is 0 Å². The summed E-state index contributed by atoms with van der Waals surface area (Å²) in [6.45, 7) is 2.19. The Morgan fingerprint density at radius 2 is 1.88 bits per heavy atom. The molecular formula is C20H15FN2O2. The molecule has 0 atom stereocenters. The smallest absolute Gasteiger partial charge is 0.287 e. The normalized spacial score (nSPS) is 11.1. The van der Waals surface area contributed by atoms with Crippen LogP contribution >= 0.6 is 0 Å². The van der Waals surface area contributed by atoms with Crippen molar-refractivity contribution in [2.24, 2.45) is 0 Å². The Bertz CT molecular complexity index is 1080. The molecule has 0 radical (unpaired) electrons. The number of aryl methyl sites for hydroxylation is 1. The molecule has 0 saturated heterocycles. The first-order valence-corrected chi connectivity index (χ1v) is 7.93. The number of halogens is 1. The molecular weight excluding hydrogens is 319 g/mol. The number of aromatic nitrogens is 1. The molecule has 0 spiro atoms. The second-order valence-electron chi connectivity index (χ2n) is 5.88. The van der Waals surface area contributed by atoms with Crippen molar-refractivity contribution in [2.75, 3.05) is 0 Å². The molecule has 1 N–H and O–H groups in total. The molecule has 124 valence electrons. The van der Waals surface area contributed by atoms with Gasteiger partial charge in [0.25, 0.3) is 5.91 Å². The van der Waals surface area contributed by atoms with Crippen molar-refractivity contribution in [3.05, 3.63) is 77.4 Å². The highest BCUT2D eigenvalue weighted by molar-refractivity contribution is 6.06. The Balaban J connectivity index is 1.64. The largest absolute Gasteiger partial charge is 0.450 e. The van der Waals surface area contributed by atoms with Crippen molar-refractivity contribution in [1.82, 2.24) is 10.3 Å². The van der Waals surface area contributed by atoms with Crippen molar-refractivity contribution in [1.29, 1.82) is 0 Å². The first-order valence-electron chi connectivity index (χ1n) is 7.93. The van der Waals surface area contributed by atoms with E-state index in [1.54, 1.807) is 18.2 Å². The van der Waals surface area contributed by atoms with E-state index in [4.69, 9.17) is 4.42 Å². The maximum Gasteiger partial charge on any atom is 0.287 e. The van der Waals surface area contributed by atoms with Crippen LogP contribution in [0.15, 0.2) is 59.0 Å². The van der Waals surface area contributed by atoms with Crippen molar-refractivity contribution in [3.8, 4) is 0 Å². The molecule has 0 aliphatic carbocycles. The van der Waals surface area contributed by atoms with Gasteiger partial charge in [-0.2, -0.15) is 0 Å². The van der Waals surface area contributed by atoms with E-state index in [1.165, 1.54) is 12.1 Å². The zero-order valence-electron chi connectivity index (χ0n) is 13.5. The maximum absolute atomic E-state index is 12.9. The number of carbonyl (C=O) groups excluding carboxylic acids is 1. The summed E-state index contributed by atoms with van der Waals surface area (Å²) in [5.41, 5.74) is 3.12. The third-order valence-corrected chi connectivity index (χ3v) is 4.15. The molecule has 1 amide bonds. The standard InChI is InChI=1S/C20H15FN2O2/c1-12-16-10-18(20(24)22-11-13-6-8-14(21)9-7-13)25-19(16)15-4-2-3-5-17(15)23-12/h2-10H,11H2,1H3,(H,22,24). The van der Waals surface area contributed by atoms with E-state index in [-0.39, 0.29) is 17.5 Å². The van der Waals surface area contributed by atoms with E-state index < -0.39 is 0 Å². The van der Waals surface area contributed by atoms with Crippen molar-refractivity contribution >= 4 is 27.8 Å². The van der Waals surface area contributed by atoms with Crippen molar-refractivity contribution in [2.45, 2.75) is 13.5 Å². The fourth-order valence-corrected chi connectivity index (χ4v) is 2.85. The number of fused-ring (bicyclic) bond motifs is 3. The molecule has 4 aromatic rings. The highest BCUT2D eigenvalue weighted by atomic mass is 19.1. The fraction of sp³-hybridized carbons (Fsp3) is 0.100. The minimum absolute atomic E-state index is 0.235. The van der Waals surface area contributed by atoms with Gasteiger partial charge in [-0.1, -0.05) is 24.3 Å². The Kier molecular flexibility index (Phi) is 3.69. The van der Waals surface area contributed by atoms with Gasteiger partial charge in [-0.3, -0.25) is 9.78 Å². The van der Waals surface area contributed by atoms with Crippen molar-refractivity contribution in [3.63, 3.8) is 0 Å². The molecule has 2 aromatic heterocycles. The van der Waals surface area contributed by atoms with Gasteiger partial charge in [-0.25, -0.2) is 4.39 Å². The van der Waals surface area contributed by atoms with Crippen molar-refractivity contribution < 1.29 is 13.6 Å². The highest BCUT2D eigenvalue weighted by Crippen LogP contribution is 2.29. The summed E-state index contributed by atoms with van der Waals surface area (Å²) in [5, 5.41) is 4.49. The van der Waals surface area contributed by atoms with Crippen LogP contribution in [0.1, 0.15) is 21.8 Å². The van der Waals surface area contributed by atoms with Gasteiger partial charge in [0.2, 0.25) is 0 Å². The number of carbonyl (C=O) groups is 1. The number of pyridine rings is 1. The first-order chi connectivity index (χ1) is 12.1. The number of hydrogen-bond acceptors (Lipinski definition) is 3. The van der Waals surface area contributed by atoms with Crippen LogP contribution in [-0.4, -0.2) is 10.9 Å². The number of amides is 1. The summed E-state index contributed by atoms with van der Waals surface area (Å²) in [7, 11) is 0. The first kappa shape index (κ1) is 15.3. The zero-order valence-corrected chi connectivity index (χ0v) is 13.5. The fourth-order valence-electron chi connectivity index (χ4n) is 2.85. The summed E-state index contributed by atoms with van der Waals surface area (Å²) in [5.74, 6) is -0.385. The number of para-hydroxylation sites is 1. The summed E-state index contributed by atoms with van der Waals surface area (Å²) in [4.78, 5) is 17.0. The molecule has 0 bridgehead atoms. The van der Waals surface area contributed by atoms with Crippen LogP contribution in [0, 0.1) is 12.7 Å². The lowest BCUT2D eigenvalue weighted by Crippen LogP contribution is -2.22. The minimum Gasteiger partial charge on any atom is -0.450 e. The van der Waals surface area contributed by atoms with Gasteiger partial charge in [0.15, 0.2) is 5.76 Å². The molecule has 2 aromatic carbocycles. The molecule has 0 fully saturated rings. The van der Waals surface area contributed by atoms with Crippen LogP contribution < -0.4 is 5.32 Å². The number of nitrogens with zero attached hydrogens (tertiary/aromatic N) is 1. The van der Waals surface area contributed by atoms with Gasteiger partial charge in [0, 0.05) is 23.0 Å². The Hall–Kier alpha value is -3.21. The maximum atomic E-state index is 12.9. The van der Waals surface area contributed by atoms with E-state index in [0.29, 0.717) is 12.1 Å². The number of furan rings is 1. The van der Waals surface area contributed by atoms with Crippen LogP contribution in [0.5, 0.6) is 0 Å². The van der Waals surface area contributed by atoms with Crippen LogP contribution in [-0.2, 0) is 6.54 Å². The second kappa shape index (κ2) is 6.02. The lowest BCUT2D eigenvalue weighted by Gasteiger charge is -2.03. The van der Waals surface area contributed by atoms with E-state index in [2.05, 4.69) is 10.3 Å². The third kappa shape index (κ3) is 2.85. The van der Waals surface area contributed by atoms with Gasteiger partial charge in [-0.15, -0.1) is 0 Å². The number of benzene rings is 2. The molecule has 25 heavy (non-hydrogen) atoms. The lowest BCUT2D eigenvalue weighted by atomic mass is 10.1. The van der Waals surface area contributed by atoms with E-state index >= 15 is 0 Å². The number of nitrogens with one attached hydrogen (secondary N) is 1. The van der Waals surface area contributed by atoms with Crippen LogP contribution in [0.25, 0.3) is 21.9 Å². The quantitative estimate of drug-likeness (QED) is 0.606. The highest BCUT2D eigenvalue weighted by Gasteiger charge is 2.16. The molecule has 2 heterocycles. The second-order valence-corrected chi connectivity index (χ2v) is 5.88. The van der Waals surface area contributed by atoms with E-state index in [9.17, 15) is 9.18 Å². The Morgan fingerprint density at radius 3 is 2.68 bits per heavy atom. The predicted molar refractivity (Wildman–Crippen MR) is 93.8 cm³/mol. The Labute approximate surface area is 143 Å². The molecule has 4 rings (SSSR count). The number of rotatable bonds is 3. The SMILES string of the molecule is Cc1nc2ccccc2c2oc(C(=O)NCc3ccc(F)cc3)cc12. The summed E-state index contributed by atoms with van der Waals surface area (Å²) in [6.07, 6.45) is 0.